The number of anilines is 2. The van der Waals surface area contributed by atoms with Crippen molar-refractivity contribution in [3.8, 4) is 0 Å². The standard InChI is InChI=1S/C24H40Cl4N2Si4/c1-19(2)21-11-15-23(16-12-21)29(31(5,6)7)33(25,26)34(27,28)30(32(8,9)10)24-17-13-22(14-18-24)20(3)4/h11-20H,1-10H3. The van der Waals surface area contributed by atoms with Gasteiger partial charge in [-0.3, -0.25) is 0 Å². The first-order chi connectivity index (χ1) is 15.3. The Balaban J connectivity index is 2.66. The van der Waals surface area contributed by atoms with Gasteiger partial charge in [0.25, 0.3) is 0 Å². The van der Waals surface area contributed by atoms with Gasteiger partial charge in [-0.25, -0.2) is 0 Å². The SMILES string of the molecule is CC(C)c1ccc(N([Si](C)(C)C)[Si](Cl)(Cl)[Si](Cl)(Cl)N(c2ccc(C(C)C)cc2)[Si](C)(C)C)cc1. The van der Waals surface area contributed by atoms with Gasteiger partial charge in [-0.15, -0.1) is 44.3 Å². The number of halogens is 4. The molecule has 0 aliphatic carbocycles. The van der Waals surface area contributed by atoms with Crippen molar-refractivity contribution in [3.05, 3.63) is 59.7 Å². The summed E-state index contributed by atoms with van der Waals surface area (Å²) in [6.45, 7) is 22.3. The van der Waals surface area contributed by atoms with Crippen LogP contribution in [0.5, 0.6) is 0 Å². The van der Waals surface area contributed by atoms with Crippen LogP contribution >= 0.6 is 44.3 Å². The molecular weight excluding hydrogens is 570 g/mol. The molecule has 0 unspecified atom stereocenters. The second-order valence-corrected chi connectivity index (χ2v) is 41.0. The average molecular weight is 611 g/mol. The summed E-state index contributed by atoms with van der Waals surface area (Å²) in [7, 11) is -4.12. The van der Waals surface area contributed by atoms with Gasteiger partial charge in [0.1, 0.15) is 16.5 Å². The minimum Gasteiger partial charge on any atom is -0.401 e. The lowest BCUT2D eigenvalue weighted by Crippen LogP contribution is -2.77. The highest BCUT2D eigenvalue weighted by atomic mass is 35.8. The Morgan fingerprint density at radius 1 is 0.500 bits per heavy atom. The fourth-order valence-electron chi connectivity index (χ4n) is 4.23. The second kappa shape index (κ2) is 10.8. The van der Waals surface area contributed by atoms with Crippen molar-refractivity contribution < 1.29 is 0 Å². The van der Waals surface area contributed by atoms with Crippen LogP contribution in [0.3, 0.4) is 0 Å². The van der Waals surface area contributed by atoms with Crippen LogP contribution in [0.15, 0.2) is 48.5 Å². The molecule has 2 aromatic rings. The summed E-state index contributed by atoms with van der Waals surface area (Å²) in [5.41, 5.74) is 4.60. The topological polar surface area (TPSA) is 6.48 Å². The minimum atomic E-state index is -3.40. The highest BCUT2D eigenvalue weighted by molar-refractivity contribution is 7.95. The number of hydrogen-bond acceptors (Lipinski definition) is 2. The summed E-state index contributed by atoms with van der Waals surface area (Å²) in [5, 5.41) is 0. The van der Waals surface area contributed by atoms with Gasteiger partial charge in [-0.2, -0.15) is 0 Å². The van der Waals surface area contributed by atoms with Crippen molar-refractivity contribution in [2.24, 2.45) is 0 Å². The van der Waals surface area contributed by atoms with Gasteiger partial charge in [0, 0.05) is 11.4 Å². The van der Waals surface area contributed by atoms with E-state index in [9.17, 15) is 0 Å². The summed E-state index contributed by atoms with van der Waals surface area (Å²) in [6.07, 6.45) is -6.80. The summed E-state index contributed by atoms with van der Waals surface area (Å²) in [5.74, 6) is 0.906. The predicted molar refractivity (Wildman–Crippen MR) is 168 cm³/mol. The van der Waals surface area contributed by atoms with Crippen LogP contribution < -0.4 is 8.46 Å². The van der Waals surface area contributed by atoms with E-state index in [0.29, 0.717) is 11.8 Å². The Morgan fingerprint density at radius 3 is 0.912 bits per heavy atom. The van der Waals surface area contributed by atoms with Crippen molar-refractivity contribution in [2.45, 2.75) is 78.8 Å². The van der Waals surface area contributed by atoms with Crippen LogP contribution in [0, 0.1) is 0 Å². The van der Waals surface area contributed by atoms with Crippen molar-refractivity contribution in [3.63, 3.8) is 0 Å². The van der Waals surface area contributed by atoms with E-state index in [2.05, 4.69) is 124 Å². The van der Waals surface area contributed by atoms with E-state index >= 15 is 0 Å². The Hall–Kier alpha value is 0.0675. The molecule has 0 aliphatic rings. The van der Waals surface area contributed by atoms with Gasteiger partial charge >= 0.3 is 12.7 Å². The van der Waals surface area contributed by atoms with Crippen LogP contribution in [0.1, 0.15) is 50.7 Å². The molecule has 0 radical (unpaired) electrons. The zero-order valence-electron chi connectivity index (χ0n) is 22.2. The molecule has 34 heavy (non-hydrogen) atoms. The molecule has 2 aromatic carbocycles. The van der Waals surface area contributed by atoms with Crippen LogP contribution in [-0.4, -0.2) is 29.2 Å². The lowest BCUT2D eigenvalue weighted by molar-refractivity contribution is 0.867. The first-order valence-electron chi connectivity index (χ1n) is 11.9. The molecule has 0 atom stereocenters. The quantitative estimate of drug-likeness (QED) is 0.206. The van der Waals surface area contributed by atoms with Crippen molar-refractivity contribution in [2.75, 3.05) is 8.46 Å². The average Bonchev–Trinajstić information content (AvgIpc) is 2.66. The Bertz CT molecular complexity index is 871. The van der Waals surface area contributed by atoms with Crippen molar-refractivity contribution in [1.82, 2.24) is 0 Å². The maximum atomic E-state index is 7.49. The van der Waals surface area contributed by atoms with Crippen molar-refractivity contribution >= 4 is 84.9 Å². The summed E-state index contributed by atoms with van der Waals surface area (Å²) in [4.78, 5) is 0. The maximum Gasteiger partial charge on any atom is 0.386 e. The van der Waals surface area contributed by atoms with Gasteiger partial charge in [0.05, 0.1) is 0 Å². The fraction of sp³-hybridized carbons (Fsp3) is 0.500. The Labute approximate surface area is 230 Å². The molecule has 0 amide bonds. The number of hydrogen-bond donors (Lipinski definition) is 0. The molecule has 0 saturated heterocycles. The van der Waals surface area contributed by atoms with Gasteiger partial charge in [0.15, 0.2) is 0 Å². The molecule has 2 nitrogen and oxygen atoms in total. The van der Waals surface area contributed by atoms with Crippen LogP contribution in [-0.2, 0) is 0 Å². The van der Waals surface area contributed by atoms with E-state index in [-0.39, 0.29) is 0 Å². The first-order valence-corrected chi connectivity index (χ1v) is 27.7. The van der Waals surface area contributed by atoms with Gasteiger partial charge in [-0.1, -0.05) is 91.2 Å². The van der Waals surface area contributed by atoms with Gasteiger partial charge in [0.2, 0.25) is 0 Å². The molecule has 0 aliphatic heterocycles. The summed E-state index contributed by atoms with van der Waals surface area (Å²) >= 11 is 30.0. The Kier molecular flexibility index (Phi) is 9.64. The van der Waals surface area contributed by atoms with Gasteiger partial charge in [-0.05, 0) is 47.2 Å². The molecule has 0 spiro atoms. The third kappa shape index (κ3) is 6.49. The normalized spacial score (nSPS) is 13.5. The minimum absolute atomic E-state index is 0.453. The molecule has 0 fully saturated rings. The molecule has 0 aromatic heterocycles. The number of benzene rings is 2. The Morgan fingerprint density at radius 2 is 0.735 bits per heavy atom. The zero-order chi connectivity index (χ0) is 26.3. The lowest BCUT2D eigenvalue weighted by Gasteiger charge is -2.53. The van der Waals surface area contributed by atoms with E-state index in [1.54, 1.807) is 0 Å². The van der Waals surface area contributed by atoms with Crippen LogP contribution in [0.4, 0.5) is 11.4 Å². The fourth-order valence-corrected chi connectivity index (χ4v) is 41.5. The summed E-state index contributed by atoms with van der Waals surface area (Å²) in [6, 6.07) is 17.2. The first kappa shape index (κ1) is 30.3. The molecule has 0 heterocycles. The third-order valence-electron chi connectivity index (χ3n) is 5.90. The van der Waals surface area contributed by atoms with E-state index < -0.39 is 29.2 Å². The molecule has 190 valence electrons. The highest BCUT2D eigenvalue weighted by Crippen LogP contribution is 2.47. The third-order valence-corrected chi connectivity index (χ3v) is 39.4. The smallest absolute Gasteiger partial charge is 0.386 e. The van der Waals surface area contributed by atoms with Crippen LogP contribution in [0.25, 0.3) is 0 Å². The largest absolute Gasteiger partial charge is 0.401 e. The van der Waals surface area contributed by atoms with E-state index in [0.717, 1.165) is 11.4 Å². The molecule has 2 rings (SSSR count). The second-order valence-electron chi connectivity index (χ2n) is 11.6. The monoisotopic (exact) mass is 608 g/mol. The summed E-state index contributed by atoms with van der Waals surface area (Å²) < 4.78 is 4.52. The molecule has 10 heteroatoms. The maximum absolute atomic E-state index is 7.49. The van der Waals surface area contributed by atoms with E-state index in [1.807, 2.05) is 0 Å². The van der Waals surface area contributed by atoms with Crippen LogP contribution in [0.2, 0.25) is 39.3 Å². The zero-order valence-corrected chi connectivity index (χ0v) is 29.2. The highest BCUT2D eigenvalue weighted by Gasteiger charge is 2.66. The molecule has 0 saturated carbocycles. The molecule has 0 bridgehead atoms. The molecule has 0 N–H and O–H groups in total. The number of nitrogens with zero attached hydrogens (tertiary/aromatic N) is 2. The van der Waals surface area contributed by atoms with Crippen molar-refractivity contribution in [1.29, 1.82) is 0 Å². The van der Waals surface area contributed by atoms with Gasteiger partial charge < -0.3 is 8.46 Å². The van der Waals surface area contributed by atoms with E-state index in [4.69, 9.17) is 44.3 Å². The predicted octanol–water partition coefficient (Wildman–Crippen LogP) is 9.83. The number of rotatable bonds is 9. The van der Waals surface area contributed by atoms with E-state index in [1.165, 1.54) is 11.1 Å². The lowest BCUT2D eigenvalue weighted by atomic mass is 10.0. The molecular formula is C24H40Cl4N2Si4.